The largest absolute Gasteiger partial charge is 0.347 e. The van der Waals surface area contributed by atoms with Crippen LogP contribution in [-0.2, 0) is 10.8 Å². The van der Waals surface area contributed by atoms with E-state index in [-0.39, 0.29) is 17.8 Å². The first-order valence-electron chi connectivity index (χ1n) is 4.99. The Balaban J connectivity index is 2.42. The average molecular weight is 244 g/mol. The van der Waals surface area contributed by atoms with Crippen molar-refractivity contribution in [1.82, 2.24) is 20.5 Å². The van der Waals surface area contributed by atoms with Crippen molar-refractivity contribution in [2.75, 3.05) is 12.0 Å². The molecule has 1 rings (SSSR count). The van der Waals surface area contributed by atoms with Crippen molar-refractivity contribution in [3.63, 3.8) is 0 Å². The molecule has 0 aliphatic heterocycles. The van der Waals surface area contributed by atoms with E-state index in [2.05, 4.69) is 20.5 Å². The summed E-state index contributed by atoms with van der Waals surface area (Å²) in [6.07, 6.45) is 2.32. The standard InChI is InChI=1S/C9H16N4O2S/c1-6(4-5-16(3)15)10-9(14)8-11-7(2)12-13-8/h6H,4-5H2,1-3H3,(H,10,14)(H,11,12,13). The Kier molecular flexibility index (Phi) is 4.60. The normalized spacial score (nSPS) is 14.4. The summed E-state index contributed by atoms with van der Waals surface area (Å²) in [4.78, 5) is 15.5. The van der Waals surface area contributed by atoms with Crippen LogP contribution in [0.4, 0.5) is 0 Å². The number of hydrogen-bond acceptors (Lipinski definition) is 4. The molecular formula is C9H16N4O2S. The minimum atomic E-state index is -0.830. The Morgan fingerprint density at radius 1 is 1.62 bits per heavy atom. The molecule has 0 saturated carbocycles. The first kappa shape index (κ1) is 12.8. The van der Waals surface area contributed by atoms with E-state index in [0.29, 0.717) is 18.0 Å². The van der Waals surface area contributed by atoms with E-state index in [4.69, 9.17) is 0 Å². The van der Waals surface area contributed by atoms with Crippen molar-refractivity contribution in [1.29, 1.82) is 0 Å². The van der Waals surface area contributed by atoms with E-state index in [0.717, 1.165) is 0 Å². The van der Waals surface area contributed by atoms with Gasteiger partial charge in [0.25, 0.3) is 5.91 Å². The van der Waals surface area contributed by atoms with Crippen LogP contribution in [0, 0.1) is 6.92 Å². The van der Waals surface area contributed by atoms with Crippen LogP contribution in [0.1, 0.15) is 29.8 Å². The van der Waals surface area contributed by atoms with Gasteiger partial charge in [0.15, 0.2) is 0 Å². The molecule has 1 amide bonds. The highest BCUT2D eigenvalue weighted by Crippen LogP contribution is 1.96. The van der Waals surface area contributed by atoms with Gasteiger partial charge in [0.2, 0.25) is 5.82 Å². The van der Waals surface area contributed by atoms with Crippen molar-refractivity contribution < 1.29 is 9.00 Å². The Bertz CT molecular complexity index is 391. The highest BCUT2D eigenvalue weighted by atomic mass is 32.2. The molecule has 0 spiro atoms. The predicted molar refractivity (Wildman–Crippen MR) is 61.6 cm³/mol. The molecule has 90 valence electrons. The third kappa shape index (κ3) is 4.09. The summed E-state index contributed by atoms with van der Waals surface area (Å²) < 4.78 is 10.9. The zero-order valence-electron chi connectivity index (χ0n) is 9.61. The number of aromatic nitrogens is 3. The third-order valence-corrected chi connectivity index (χ3v) is 2.83. The van der Waals surface area contributed by atoms with Gasteiger partial charge in [-0.3, -0.25) is 14.1 Å². The first-order valence-corrected chi connectivity index (χ1v) is 6.71. The number of carbonyl (C=O) groups is 1. The van der Waals surface area contributed by atoms with E-state index in [1.807, 2.05) is 6.92 Å². The van der Waals surface area contributed by atoms with Crippen LogP contribution >= 0.6 is 0 Å². The van der Waals surface area contributed by atoms with Crippen LogP contribution in [0.15, 0.2) is 0 Å². The number of H-pyrrole nitrogens is 1. The molecule has 0 radical (unpaired) electrons. The lowest BCUT2D eigenvalue weighted by Gasteiger charge is -2.11. The summed E-state index contributed by atoms with van der Waals surface area (Å²) in [7, 11) is -0.830. The monoisotopic (exact) mass is 244 g/mol. The molecule has 1 heterocycles. The molecule has 0 aliphatic rings. The zero-order valence-corrected chi connectivity index (χ0v) is 10.4. The summed E-state index contributed by atoms with van der Waals surface area (Å²) in [5.41, 5.74) is 0. The fourth-order valence-electron chi connectivity index (χ4n) is 1.15. The van der Waals surface area contributed by atoms with Crippen molar-refractivity contribution in [2.45, 2.75) is 26.3 Å². The molecule has 1 aromatic rings. The summed E-state index contributed by atoms with van der Waals surface area (Å²) in [5, 5.41) is 9.10. The number of aromatic amines is 1. The van der Waals surface area contributed by atoms with E-state index in [9.17, 15) is 9.00 Å². The first-order chi connectivity index (χ1) is 7.49. The minimum absolute atomic E-state index is 0.0322. The van der Waals surface area contributed by atoms with E-state index >= 15 is 0 Å². The molecule has 2 atom stereocenters. The minimum Gasteiger partial charge on any atom is -0.347 e. The van der Waals surface area contributed by atoms with Gasteiger partial charge in [-0.1, -0.05) is 0 Å². The second kappa shape index (κ2) is 5.74. The van der Waals surface area contributed by atoms with Gasteiger partial charge in [-0.2, -0.15) is 0 Å². The number of nitrogens with one attached hydrogen (secondary N) is 2. The van der Waals surface area contributed by atoms with Crippen LogP contribution in [0.3, 0.4) is 0 Å². The van der Waals surface area contributed by atoms with E-state index in [1.165, 1.54) is 0 Å². The number of nitrogens with zero attached hydrogens (tertiary/aromatic N) is 2. The molecule has 16 heavy (non-hydrogen) atoms. The molecule has 0 saturated heterocycles. The molecule has 7 heteroatoms. The number of carbonyl (C=O) groups excluding carboxylic acids is 1. The van der Waals surface area contributed by atoms with Crippen molar-refractivity contribution in [3.05, 3.63) is 11.6 Å². The maximum absolute atomic E-state index is 11.6. The smallest absolute Gasteiger partial charge is 0.291 e. The highest BCUT2D eigenvalue weighted by molar-refractivity contribution is 7.84. The second-order valence-electron chi connectivity index (χ2n) is 3.68. The SMILES string of the molecule is Cc1nc(C(=O)NC(C)CCS(C)=O)n[nH]1. The number of hydrogen-bond donors (Lipinski definition) is 2. The van der Waals surface area contributed by atoms with Crippen molar-refractivity contribution in [3.8, 4) is 0 Å². The van der Waals surface area contributed by atoms with Crippen molar-refractivity contribution in [2.24, 2.45) is 0 Å². The lowest BCUT2D eigenvalue weighted by atomic mass is 10.2. The number of aryl methyl sites for hydroxylation is 1. The maximum Gasteiger partial charge on any atom is 0.291 e. The number of amides is 1. The maximum atomic E-state index is 11.6. The van der Waals surface area contributed by atoms with Crippen LogP contribution in [-0.4, -0.2) is 43.3 Å². The summed E-state index contributed by atoms with van der Waals surface area (Å²) >= 11 is 0. The van der Waals surface area contributed by atoms with Crippen LogP contribution in [0.2, 0.25) is 0 Å². The number of rotatable bonds is 5. The molecule has 6 nitrogen and oxygen atoms in total. The van der Waals surface area contributed by atoms with Gasteiger partial charge in [-0.05, 0) is 20.3 Å². The Hall–Kier alpha value is -1.24. The van der Waals surface area contributed by atoms with E-state index < -0.39 is 10.8 Å². The molecule has 0 fully saturated rings. The molecule has 2 unspecified atom stereocenters. The van der Waals surface area contributed by atoms with Crippen molar-refractivity contribution >= 4 is 16.7 Å². The van der Waals surface area contributed by atoms with Crippen LogP contribution < -0.4 is 5.32 Å². The predicted octanol–water partition coefficient (Wildman–Crippen LogP) is 0.0000200. The molecule has 0 aromatic carbocycles. The Morgan fingerprint density at radius 2 is 2.31 bits per heavy atom. The highest BCUT2D eigenvalue weighted by Gasteiger charge is 2.13. The lowest BCUT2D eigenvalue weighted by Crippen LogP contribution is -2.34. The van der Waals surface area contributed by atoms with E-state index in [1.54, 1.807) is 13.2 Å². The van der Waals surface area contributed by atoms with Gasteiger partial charge in [-0.25, -0.2) is 4.98 Å². The molecule has 0 aliphatic carbocycles. The summed E-state index contributed by atoms with van der Waals surface area (Å²) in [6.45, 7) is 3.59. The fraction of sp³-hybridized carbons (Fsp3) is 0.667. The van der Waals surface area contributed by atoms with Crippen LogP contribution in [0.25, 0.3) is 0 Å². The molecule has 2 N–H and O–H groups in total. The molecule has 0 bridgehead atoms. The molecule has 1 aromatic heterocycles. The topological polar surface area (TPSA) is 87.7 Å². The van der Waals surface area contributed by atoms with Gasteiger partial charge in [0.05, 0.1) is 0 Å². The van der Waals surface area contributed by atoms with Gasteiger partial charge in [0, 0.05) is 28.9 Å². The molecular weight excluding hydrogens is 228 g/mol. The zero-order chi connectivity index (χ0) is 12.1. The third-order valence-electron chi connectivity index (χ3n) is 2.02. The van der Waals surface area contributed by atoms with Crippen LogP contribution in [0.5, 0.6) is 0 Å². The second-order valence-corrected chi connectivity index (χ2v) is 5.24. The van der Waals surface area contributed by atoms with Gasteiger partial charge in [-0.15, -0.1) is 5.10 Å². The van der Waals surface area contributed by atoms with Gasteiger partial charge in [0.1, 0.15) is 5.82 Å². The summed E-state index contributed by atoms with van der Waals surface area (Å²) in [6, 6.07) is -0.0322. The quantitative estimate of drug-likeness (QED) is 0.763. The fourth-order valence-corrected chi connectivity index (χ4v) is 1.83. The average Bonchev–Trinajstić information content (AvgIpc) is 2.62. The lowest BCUT2D eigenvalue weighted by molar-refractivity contribution is 0.0929. The Morgan fingerprint density at radius 3 is 2.81 bits per heavy atom. The Labute approximate surface area is 96.7 Å². The van der Waals surface area contributed by atoms with Gasteiger partial charge < -0.3 is 5.32 Å². The van der Waals surface area contributed by atoms with Gasteiger partial charge >= 0.3 is 0 Å². The summed E-state index contributed by atoms with van der Waals surface area (Å²) in [5.74, 6) is 1.02.